The number of halogens is 3. The van der Waals surface area contributed by atoms with E-state index in [1.165, 1.54) is 12.1 Å². The van der Waals surface area contributed by atoms with Gasteiger partial charge in [0.15, 0.2) is 0 Å². The summed E-state index contributed by atoms with van der Waals surface area (Å²) in [5.41, 5.74) is -3.28. The lowest BCUT2D eigenvalue weighted by Crippen LogP contribution is -2.36. The van der Waals surface area contributed by atoms with Crippen molar-refractivity contribution < 1.29 is 17.9 Å². The zero-order chi connectivity index (χ0) is 12.3. The maximum absolute atomic E-state index is 12.1. The van der Waals surface area contributed by atoms with Crippen molar-refractivity contribution in [2.24, 2.45) is 0 Å². The Bertz CT molecular complexity index is 360. The molecule has 0 saturated carbocycles. The van der Waals surface area contributed by atoms with Gasteiger partial charge in [0.25, 0.3) is 0 Å². The molecule has 0 atom stereocenters. The third-order valence-electron chi connectivity index (χ3n) is 2.45. The standard InChI is InChI=1S/C11H12F3NOS/c12-11(13,14)17-10-3-1-9(2-4-10)15-5-7-16-8-6-15/h1-4H,5-8H2. The van der Waals surface area contributed by atoms with Crippen molar-refractivity contribution in [1.82, 2.24) is 0 Å². The molecule has 17 heavy (non-hydrogen) atoms. The Morgan fingerprint density at radius 3 is 2.18 bits per heavy atom. The van der Waals surface area contributed by atoms with Crippen molar-refractivity contribution in [3.05, 3.63) is 24.3 Å². The summed E-state index contributed by atoms with van der Waals surface area (Å²) in [6.07, 6.45) is 0. The van der Waals surface area contributed by atoms with E-state index in [2.05, 4.69) is 4.90 Å². The topological polar surface area (TPSA) is 12.5 Å². The highest BCUT2D eigenvalue weighted by molar-refractivity contribution is 8.00. The lowest BCUT2D eigenvalue weighted by molar-refractivity contribution is -0.0328. The molecule has 2 nitrogen and oxygen atoms in total. The van der Waals surface area contributed by atoms with Crippen molar-refractivity contribution in [2.45, 2.75) is 10.4 Å². The summed E-state index contributed by atoms with van der Waals surface area (Å²) in [6, 6.07) is 6.45. The van der Waals surface area contributed by atoms with Gasteiger partial charge in [0.2, 0.25) is 0 Å². The van der Waals surface area contributed by atoms with Crippen LogP contribution in [0.15, 0.2) is 29.2 Å². The quantitative estimate of drug-likeness (QED) is 0.761. The number of hydrogen-bond donors (Lipinski definition) is 0. The van der Waals surface area contributed by atoms with Crippen LogP contribution in [0.1, 0.15) is 0 Å². The fourth-order valence-corrected chi connectivity index (χ4v) is 2.22. The SMILES string of the molecule is FC(F)(F)Sc1ccc(N2CCOCC2)cc1. The van der Waals surface area contributed by atoms with E-state index >= 15 is 0 Å². The van der Waals surface area contributed by atoms with Gasteiger partial charge in [-0.05, 0) is 36.0 Å². The molecule has 0 N–H and O–H groups in total. The Kier molecular flexibility index (Phi) is 3.83. The maximum atomic E-state index is 12.1. The number of rotatable bonds is 2. The summed E-state index contributed by atoms with van der Waals surface area (Å²) in [4.78, 5) is 2.32. The summed E-state index contributed by atoms with van der Waals surface area (Å²) in [7, 11) is 0. The van der Waals surface area contributed by atoms with Gasteiger partial charge in [0, 0.05) is 23.7 Å². The Balaban J connectivity index is 2.02. The number of benzene rings is 1. The van der Waals surface area contributed by atoms with E-state index in [0.717, 1.165) is 18.8 Å². The highest BCUT2D eigenvalue weighted by atomic mass is 32.2. The molecule has 94 valence electrons. The molecule has 0 radical (unpaired) electrons. The van der Waals surface area contributed by atoms with Crippen molar-refractivity contribution in [3.63, 3.8) is 0 Å². The molecule has 0 bridgehead atoms. The third-order valence-corrected chi connectivity index (χ3v) is 3.19. The first-order valence-corrected chi connectivity index (χ1v) is 6.05. The number of anilines is 1. The molecule has 0 aliphatic carbocycles. The summed E-state index contributed by atoms with van der Waals surface area (Å²) in [6.45, 7) is 2.90. The van der Waals surface area contributed by atoms with E-state index < -0.39 is 5.51 Å². The van der Waals surface area contributed by atoms with Crippen LogP contribution in [-0.4, -0.2) is 31.8 Å². The molecule has 0 unspecified atom stereocenters. The van der Waals surface area contributed by atoms with Gasteiger partial charge in [-0.3, -0.25) is 0 Å². The molecule has 0 spiro atoms. The average molecular weight is 263 g/mol. The smallest absolute Gasteiger partial charge is 0.378 e. The second-order valence-corrected chi connectivity index (χ2v) is 4.78. The number of thioether (sulfide) groups is 1. The fraction of sp³-hybridized carbons (Fsp3) is 0.455. The monoisotopic (exact) mass is 263 g/mol. The third kappa shape index (κ3) is 3.81. The first-order chi connectivity index (χ1) is 8.04. The Morgan fingerprint density at radius 1 is 1.06 bits per heavy atom. The minimum absolute atomic E-state index is 0.0871. The summed E-state index contributed by atoms with van der Waals surface area (Å²) >= 11 is -0.0871. The van der Waals surface area contributed by atoms with Gasteiger partial charge in [0.1, 0.15) is 0 Å². The molecule has 0 aromatic heterocycles. The fourth-order valence-electron chi connectivity index (χ4n) is 1.68. The first-order valence-electron chi connectivity index (χ1n) is 5.23. The number of ether oxygens (including phenoxy) is 1. The van der Waals surface area contributed by atoms with E-state index in [9.17, 15) is 13.2 Å². The number of alkyl halides is 3. The van der Waals surface area contributed by atoms with Gasteiger partial charge in [0.05, 0.1) is 13.2 Å². The molecule has 1 saturated heterocycles. The summed E-state index contributed by atoms with van der Waals surface area (Å²) in [5.74, 6) is 0. The molecule has 1 aromatic carbocycles. The molecule has 0 amide bonds. The van der Waals surface area contributed by atoms with Crippen LogP contribution in [0.3, 0.4) is 0 Å². The van der Waals surface area contributed by atoms with Crippen LogP contribution in [0.4, 0.5) is 18.9 Å². The summed E-state index contributed by atoms with van der Waals surface area (Å²) < 4.78 is 41.6. The van der Waals surface area contributed by atoms with Crippen LogP contribution < -0.4 is 4.90 Å². The molecule has 1 fully saturated rings. The Morgan fingerprint density at radius 2 is 1.65 bits per heavy atom. The van der Waals surface area contributed by atoms with Gasteiger partial charge in [-0.2, -0.15) is 13.2 Å². The highest BCUT2D eigenvalue weighted by Crippen LogP contribution is 2.37. The van der Waals surface area contributed by atoms with E-state index in [1.807, 2.05) is 0 Å². The largest absolute Gasteiger partial charge is 0.446 e. The second-order valence-electron chi connectivity index (χ2n) is 3.64. The van der Waals surface area contributed by atoms with E-state index in [0.29, 0.717) is 13.2 Å². The molecule has 1 aliphatic heterocycles. The number of morpholine rings is 1. The van der Waals surface area contributed by atoms with Crippen LogP contribution in [0.5, 0.6) is 0 Å². The van der Waals surface area contributed by atoms with E-state index in [1.54, 1.807) is 12.1 Å². The first kappa shape index (κ1) is 12.6. The van der Waals surface area contributed by atoms with Crippen molar-refractivity contribution >= 4 is 17.4 Å². The molecule has 6 heteroatoms. The van der Waals surface area contributed by atoms with E-state index in [-0.39, 0.29) is 16.7 Å². The van der Waals surface area contributed by atoms with Gasteiger partial charge < -0.3 is 9.64 Å². The Hall–Kier alpha value is -0.880. The van der Waals surface area contributed by atoms with Gasteiger partial charge in [-0.15, -0.1) is 0 Å². The second kappa shape index (κ2) is 5.18. The predicted octanol–water partition coefficient (Wildman–Crippen LogP) is 3.14. The molecule has 1 heterocycles. The molecular weight excluding hydrogens is 251 g/mol. The highest BCUT2D eigenvalue weighted by Gasteiger charge is 2.29. The zero-order valence-corrected chi connectivity index (χ0v) is 9.85. The van der Waals surface area contributed by atoms with Crippen LogP contribution in [0, 0.1) is 0 Å². The lowest BCUT2D eigenvalue weighted by Gasteiger charge is -2.28. The van der Waals surface area contributed by atoms with Crippen LogP contribution >= 0.6 is 11.8 Å². The van der Waals surface area contributed by atoms with Gasteiger partial charge in [-0.25, -0.2) is 0 Å². The number of hydrogen-bond acceptors (Lipinski definition) is 3. The van der Waals surface area contributed by atoms with Crippen molar-refractivity contribution in [3.8, 4) is 0 Å². The molecule has 1 aliphatic rings. The minimum atomic E-state index is -4.22. The van der Waals surface area contributed by atoms with Crippen LogP contribution in [0.25, 0.3) is 0 Å². The van der Waals surface area contributed by atoms with Crippen molar-refractivity contribution in [2.75, 3.05) is 31.2 Å². The van der Waals surface area contributed by atoms with Gasteiger partial charge in [-0.1, -0.05) is 0 Å². The van der Waals surface area contributed by atoms with Crippen molar-refractivity contribution in [1.29, 1.82) is 0 Å². The maximum Gasteiger partial charge on any atom is 0.446 e. The summed E-state index contributed by atoms with van der Waals surface area (Å²) in [5, 5.41) is 0. The van der Waals surface area contributed by atoms with Crippen LogP contribution in [0.2, 0.25) is 0 Å². The normalized spacial score (nSPS) is 17.2. The van der Waals surface area contributed by atoms with Crippen LogP contribution in [-0.2, 0) is 4.74 Å². The average Bonchev–Trinajstić information content (AvgIpc) is 2.29. The predicted molar refractivity (Wildman–Crippen MR) is 61.4 cm³/mol. The molecular formula is C11H12F3NOS. The number of nitrogens with zero attached hydrogens (tertiary/aromatic N) is 1. The van der Waals surface area contributed by atoms with Gasteiger partial charge >= 0.3 is 5.51 Å². The zero-order valence-electron chi connectivity index (χ0n) is 9.04. The minimum Gasteiger partial charge on any atom is -0.378 e. The molecule has 2 rings (SSSR count). The molecule has 1 aromatic rings. The Labute approximate surface area is 102 Å². The van der Waals surface area contributed by atoms with E-state index in [4.69, 9.17) is 4.74 Å². The lowest BCUT2D eigenvalue weighted by atomic mass is 10.2.